The van der Waals surface area contributed by atoms with Crippen LogP contribution in [0.1, 0.15) is 61.8 Å². The fourth-order valence-corrected chi connectivity index (χ4v) is 4.32. The number of aliphatic hydroxyl groups excluding tert-OH is 1. The van der Waals surface area contributed by atoms with Crippen LogP contribution in [-0.4, -0.2) is 53.9 Å². The van der Waals surface area contributed by atoms with Crippen molar-refractivity contribution in [3.63, 3.8) is 0 Å². The first-order valence-corrected chi connectivity index (χ1v) is 9.79. The molecular formula is C20H34O7. The maximum absolute atomic E-state index is 13.1. The molecule has 7 atom stereocenters. The molecule has 156 valence electrons. The number of esters is 1. The molecule has 0 aromatic carbocycles. The summed E-state index contributed by atoms with van der Waals surface area (Å²) in [5, 5.41) is 10.4. The first kappa shape index (κ1) is 21.0. The Morgan fingerprint density at radius 2 is 1.70 bits per heavy atom. The van der Waals surface area contributed by atoms with Crippen LogP contribution in [0.25, 0.3) is 0 Å². The van der Waals surface area contributed by atoms with E-state index in [-0.39, 0.29) is 17.3 Å². The SMILES string of the molecule is CC(C)C(C)(CC(C)(C)C)C(=O)OC1C(O)OC2C3OC(C)(C)OC3OC12. The summed E-state index contributed by atoms with van der Waals surface area (Å²) in [4.78, 5) is 13.1. The second-order valence-corrected chi connectivity index (χ2v) is 10.2. The average Bonchev–Trinajstić information content (AvgIpc) is 3.05. The van der Waals surface area contributed by atoms with Gasteiger partial charge in [0.2, 0.25) is 0 Å². The van der Waals surface area contributed by atoms with Crippen LogP contribution in [0.2, 0.25) is 0 Å². The van der Waals surface area contributed by atoms with Crippen molar-refractivity contribution in [3.8, 4) is 0 Å². The molecule has 3 heterocycles. The first-order valence-electron chi connectivity index (χ1n) is 9.79. The standard InChI is InChI=1S/C20H34O7/c1-10(2)20(8,9-18(3,4)5)17(22)25-13-11-12(23-15(13)21)14-16(24-11)27-19(6,7)26-14/h10-16,21H,9H2,1-8H3. The van der Waals surface area contributed by atoms with Crippen molar-refractivity contribution in [2.45, 2.75) is 105 Å². The summed E-state index contributed by atoms with van der Waals surface area (Å²) in [6.45, 7) is 15.8. The normalized spacial score (nSPS) is 39.9. The molecule has 7 nitrogen and oxygen atoms in total. The Kier molecular flexibility index (Phi) is 5.18. The van der Waals surface area contributed by atoms with Gasteiger partial charge in [-0.1, -0.05) is 34.6 Å². The van der Waals surface area contributed by atoms with Gasteiger partial charge in [0.15, 0.2) is 24.5 Å². The van der Waals surface area contributed by atoms with Gasteiger partial charge in [0.1, 0.15) is 18.3 Å². The van der Waals surface area contributed by atoms with Crippen molar-refractivity contribution in [1.29, 1.82) is 0 Å². The van der Waals surface area contributed by atoms with Gasteiger partial charge in [-0.3, -0.25) is 4.79 Å². The highest BCUT2D eigenvalue weighted by Crippen LogP contribution is 2.46. The summed E-state index contributed by atoms with van der Waals surface area (Å²) in [7, 11) is 0. The number of carbonyl (C=O) groups excluding carboxylic acids is 1. The van der Waals surface area contributed by atoms with Gasteiger partial charge in [-0.25, -0.2) is 0 Å². The predicted octanol–water partition coefficient (Wildman–Crippen LogP) is 2.59. The molecule has 0 saturated carbocycles. The molecule has 3 aliphatic heterocycles. The first-order chi connectivity index (χ1) is 12.2. The minimum Gasteiger partial charge on any atom is -0.454 e. The molecule has 0 spiro atoms. The van der Waals surface area contributed by atoms with E-state index in [1.807, 2.05) is 20.8 Å². The molecular weight excluding hydrogens is 352 g/mol. The quantitative estimate of drug-likeness (QED) is 0.744. The summed E-state index contributed by atoms with van der Waals surface area (Å²) >= 11 is 0. The third-order valence-corrected chi connectivity index (χ3v) is 5.81. The van der Waals surface area contributed by atoms with E-state index in [2.05, 4.69) is 20.8 Å². The molecule has 0 aliphatic carbocycles. The van der Waals surface area contributed by atoms with E-state index in [0.717, 1.165) is 0 Å². The van der Waals surface area contributed by atoms with Crippen molar-refractivity contribution < 1.29 is 33.6 Å². The lowest BCUT2D eigenvalue weighted by molar-refractivity contribution is -0.220. The molecule has 3 fully saturated rings. The minimum atomic E-state index is -1.25. The van der Waals surface area contributed by atoms with E-state index in [1.165, 1.54) is 0 Å². The van der Waals surface area contributed by atoms with Crippen LogP contribution in [0.5, 0.6) is 0 Å². The van der Waals surface area contributed by atoms with Gasteiger partial charge in [-0.05, 0) is 38.5 Å². The van der Waals surface area contributed by atoms with Crippen LogP contribution in [0.15, 0.2) is 0 Å². The molecule has 0 amide bonds. The number of hydrogen-bond donors (Lipinski definition) is 1. The van der Waals surface area contributed by atoms with Crippen LogP contribution in [0.3, 0.4) is 0 Å². The Hall–Kier alpha value is -0.730. The number of carbonyl (C=O) groups is 1. The second kappa shape index (κ2) is 6.66. The summed E-state index contributed by atoms with van der Waals surface area (Å²) in [5.41, 5.74) is -0.723. The molecule has 3 aliphatic rings. The predicted molar refractivity (Wildman–Crippen MR) is 96.5 cm³/mol. The molecule has 0 bridgehead atoms. The van der Waals surface area contributed by atoms with Gasteiger partial charge in [-0.2, -0.15) is 0 Å². The third-order valence-electron chi connectivity index (χ3n) is 5.81. The average molecular weight is 386 g/mol. The molecule has 3 saturated heterocycles. The van der Waals surface area contributed by atoms with E-state index in [0.29, 0.717) is 6.42 Å². The van der Waals surface area contributed by atoms with Crippen LogP contribution in [0.4, 0.5) is 0 Å². The van der Waals surface area contributed by atoms with Gasteiger partial charge in [0, 0.05) is 0 Å². The maximum Gasteiger partial charge on any atom is 0.312 e. The number of rotatable bonds is 4. The summed E-state index contributed by atoms with van der Waals surface area (Å²) < 4.78 is 28.9. The smallest absolute Gasteiger partial charge is 0.312 e. The lowest BCUT2D eigenvalue weighted by atomic mass is 9.69. The van der Waals surface area contributed by atoms with Crippen molar-refractivity contribution in [2.75, 3.05) is 0 Å². The minimum absolute atomic E-state index is 0.0421. The molecule has 0 aromatic rings. The molecule has 0 aromatic heterocycles. The Morgan fingerprint density at radius 1 is 1.07 bits per heavy atom. The Labute approximate surface area is 161 Å². The van der Waals surface area contributed by atoms with Crippen molar-refractivity contribution >= 4 is 5.97 Å². The van der Waals surface area contributed by atoms with Crippen LogP contribution >= 0.6 is 0 Å². The number of ether oxygens (including phenoxy) is 5. The molecule has 3 rings (SSSR count). The van der Waals surface area contributed by atoms with E-state index in [9.17, 15) is 9.90 Å². The highest BCUT2D eigenvalue weighted by molar-refractivity contribution is 5.77. The lowest BCUT2D eigenvalue weighted by Gasteiger charge is -2.38. The van der Waals surface area contributed by atoms with Gasteiger partial charge in [-0.15, -0.1) is 0 Å². The Morgan fingerprint density at radius 3 is 2.26 bits per heavy atom. The summed E-state index contributed by atoms with van der Waals surface area (Å²) in [6.07, 6.45) is -3.66. The molecule has 7 heteroatoms. The zero-order valence-corrected chi connectivity index (χ0v) is 17.6. The van der Waals surface area contributed by atoms with E-state index in [1.54, 1.807) is 13.8 Å². The molecule has 1 N–H and O–H groups in total. The summed E-state index contributed by atoms with van der Waals surface area (Å²) in [5.74, 6) is -1.04. The molecule has 7 unspecified atom stereocenters. The zero-order chi connectivity index (χ0) is 20.4. The number of fused-ring (bicyclic) bond motifs is 3. The lowest BCUT2D eigenvalue weighted by Crippen LogP contribution is -2.45. The van der Waals surface area contributed by atoms with Gasteiger partial charge in [0.25, 0.3) is 0 Å². The van der Waals surface area contributed by atoms with Crippen LogP contribution in [0, 0.1) is 16.7 Å². The second-order valence-electron chi connectivity index (χ2n) is 10.2. The summed E-state index contributed by atoms with van der Waals surface area (Å²) in [6, 6.07) is 0. The van der Waals surface area contributed by atoms with E-state index in [4.69, 9.17) is 23.7 Å². The van der Waals surface area contributed by atoms with Gasteiger partial charge in [0.05, 0.1) is 5.41 Å². The third kappa shape index (κ3) is 3.90. The van der Waals surface area contributed by atoms with Crippen molar-refractivity contribution in [1.82, 2.24) is 0 Å². The van der Waals surface area contributed by atoms with E-state index >= 15 is 0 Å². The number of aliphatic hydroxyl groups is 1. The Bertz CT molecular complexity index is 581. The fraction of sp³-hybridized carbons (Fsp3) is 0.950. The molecule has 27 heavy (non-hydrogen) atoms. The highest BCUT2D eigenvalue weighted by Gasteiger charge is 2.63. The number of hydrogen-bond acceptors (Lipinski definition) is 7. The van der Waals surface area contributed by atoms with Gasteiger partial charge >= 0.3 is 5.97 Å². The topological polar surface area (TPSA) is 83.5 Å². The van der Waals surface area contributed by atoms with Crippen molar-refractivity contribution in [2.24, 2.45) is 16.7 Å². The van der Waals surface area contributed by atoms with Crippen molar-refractivity contribution in [3.05, 3.63) is 0 Å². The zero-order valence-electron chi connectivity index (χ0n) is 17.6. The van der Waals surface area contributed by atoms with Gasteiger partial charge < -0.3 is 28.8 Å². The highest BCUT2D eigenvalue weighted by atomic mass is 16.9. The maximum atomic E-state index is 13.1. The van der Waals surface area contributed by atoms with Crippen LogP contribution in [-0.2, 0) is 28.5 Å². The fourth-order valence-electron chi connectivity index (χ4n) is 4.32. The monoisotopic (exact) mass is 386 g/mol. The van der Waals surface area contributed by atoms with Crippen LogP contribution < -0.4 is 0 Å². The largest absolute Gasteiger partial charge is 0.454 e. The Balaban J connectivity index is 1.73. The molecule has 0 radical (unpaired) electrons. The van der Waals surface area contributed by atoms with E-state index < -0.39 is 48.2 Å².